The van der Waals surface area contributed by atoms with Crippen molar-refractivity contribution in [1.82, 2.24) is 14.8 Å². The van der Waals surface area contributed by atoms with Crippen LogP contribution in [0.1, 0.15) is 11.6 Å². The Morgan fingerprint density at radius 2 is 2.00 bits per heavy atom. The molecular weight excluding hydrogens is 306 g/mol. The average Bonchev–Trinajstić information content (AvgIpc) is 2.63. The molecule has 18 heavy (non-hydrogen) atoms. The van der Waals surface area contributed by atoms with E-state index in [1.807, 2.05) is 14.0 Å². The first-order chi connectivity index (χ1) is 8.49. The summed E-state index contributed by atoms with van der Waals surface area (Å²) in [4.78, 5) is 0. The monoisotopic (exact) mass is 316 g/mol. The van der Waals surface area contributed by atoms with E-state index in [1.54, 1.807) is 4.57 Å². The summed E-state index contributed by atoms with van der Waals surface area (Å²) >= 11 is 2.92. The van der Waals surface area contributed by atoms with Gasteiger partial charge in [0.15, 0.2) is 5.82 Å². The second-order valence-electron chi connectivity index (χ2n) is 3.82. The molecule has 0 saturated heterocycles. The Morgan fingerprint density at radius 1 is 1.28 bits per heavy atom. The quantitative estimate of drug-likeness (QED) is 0.885. The van der Waals surface area contributed by atoms with Crippen molar-refractivity contribution in [3.63, 3.8) is 0 Å². The first-order valence-corrected chi connectivity index (χ1v) is 6.01. The summed E-state index contributed by atoms with van der Waals surface area (Å²) in [5.74, 6) is 0.361. The lowest BCUT2D eigenvalue weighted by molar-refractivity contribution is 0.596. The van der Waals surface area contributed by atoms with Gasteiger partial charge in [-0.1, -0.05) is 0 Å². The van der Waals surface area contributed by atoms with Gasteiger partial charge in [-0.3, -0.25) is 0 Å². The van der Waals surface area contributed by atoms with Crippen molar-refractivity contribution in [2.24, 2.45) is 7.05 Å². The summed E-state index contributed by atoms with van der Waals surface area (Å²) in [7, 11) is 1.81. The summed E-state index contributed by atoms with van der Waals surface area (Å²) in [5, 5.41) is 10.6. The highest BCUT2D eigenvalue weighted by Gasteiger charge is 2.10. The maximum atomic E-state index is 13.5. The molecule has 0 fully saturated rings. The van der Waals surface area contributed by atoms with Crippen LogP contribution in [-0.4, -0.2) is 14.8 Å². The van der Waals surface area contributed by atoms with E-state index in [4.69, 9.17) is 0 Å². The molecule has 0 amide bonds. The Hall–Kier alpha value is -1.50. The molecule has 0 radical (unpaired) electrons. The van der Waals surface area contributed by atoms with Gasteiger partial charge in [-0.05, 0) is 28.9 Å². The molecule has 1 heterocycles. The molecule has 0 atom stereocenters. The fraction of sp³-hybridized carbons (Fsp3) is 0.273. The number of hydrogen-bond donors (Lipinski definition) is 1. The Kier molecular flexibility index (Phi) is 3.60. The molecule has 1 aromatic heterocycles. The minimum Gasteiger partial charge on any atom is -0.375 e. The van der Waals surface area contributed by atoms with E-state index < -0.39 is 11.6 Å². The summed E-state index contributed by atoms with van der Waals surface area (Å²) in [5.41, 5.74) is 0.0938. The smallest absolute Gasteiger partial charge is 0.152 e. The third-order valence-electron chi connectivity index (χ3n) is 2.63. The van der Waals surface area contributed by atoms with Crippen molar-refractivity contribution < 1.29 is 8.78 Å². The molecule has 2 aromatic rings. The van der Waals surface area contributed by atoms with Crippen LogP contribution in [0.5, 0.6) is 0 Å². The lowest BCUT2D eigenvalue weighted by atomic mass is 10.3. The van der Waals surface area contributed by atoms with Crippen LogP contribution in [0.3, 0.4) is 0 Å². The van der Waals surface area contributed by atoms with Gasteiger partial charge in [0, 0.05) is 13.1 Å². The molecule has 0 bridgehead atoms. The molecule has 4 nitrogen and oxygen atoms in total. The molecule has 0 aliphatic rings. The molecule has 1 aromatic carbocycles. The second kappa shape index (κ2) is 5.01. The number of aryl methyl sites for hydroxylation is 1. The van der Waals surface area contributed by atoms with E-state index in [9.17, 15) is 8.78 Å². The second-order valence-corrected chi connectivity index (χ2v) is 4.68. The third-order valence-corrected chi connectivity index (χ3v) is 3.24. The van der Waals surface area contributed by atoms with Gasteiger partial charge in [-0.15, -0.1) is 10.2 Å². The van der Waals surface area contributed by atoms with Gasteiger partial charge in [-0.2, -0.15) is 0 Å². The lowest BCUT2D eigenvalue weighted by Gasteiger charge is -2.08. The zero-order chi connectivity index (χ0) is 13.3. The van der Waals surface area contributed by atoms with Crippen LogP contribution in [0.4, 0.5) is 14.5 Å². The molecular formula is C11H11BrF2N4. The van der Waals surface area contributed by atoms with Crippen LogP contribution in [0.2, 0.25) is 0 Å². The van der Waals surface area contributed by atoms with Gasteiger partial charge in [0.25, 0.3) is 0 Å². The first kappa shape index (κ1) is 12.9. The average molecular weight is 317 g/mol. The molecule has 1 N–H and O–H groups in total. The number of halogens is 3. The Labute approximate surface area is 111 Å². The molecule has 0 unspecified atom stereocenters. The molecule has 2 rings (SSSR count). The van der Waals surface area contributed by atoms with Gasteiger partial charge in [-0.25, -0.2) is 8.78 Å². The van der Waals surface area contributed by atoms with Gasteiger partial charge < -0.3 is 9.88 Å². The summed E-state index contributed by atoms with van der Waals surface area (Å²) < 4.78 is 28.7. The van der Waals surface area contributed by atoms with E-state index in [0.29, 0.717) is 5.82 Å². The van der Waals surface area contributed by atoms with Crippen LogP contribution < -0.4 is 5.32 Å². The van der Waals surface area contributed by atoms with Gasteiger partial charge in [0.05, 0.1) is 16.7 Å². The standard InChI is InChI=1S/C11H11BrF2N4/c1-6-16-17-11(18(6)2)5-15-10-4-8(13)7(12)3-9(10)14/h3-4,15H,5H2,1-2H3. The van der Waals surface area contributed by atoms with Crippen molar-refractivity contribution in [1.29, 1.82) is 0 Å². The third kappa shape index (κ3) is 2.50. The number of rotatable bonds is 3. The van der Waals surface area contributed by atoms with Crippen LogP contribution in [0.25, 0.3) is 0 Å². The summed E-state index contributed by atoms with van der Waals surface area (Å²) in [6, 6.07) is 2.18. The van der Waals surface area contributed by atoms with Crippen LogP contribution in [-0.2, 0) is 13.6 Å². The van der Waals surface area contributed by atoms with Crippen LogP contribution >= 0.6 is 15.9 Å². The fourth-order valence-electron chi connectivity index (χ4n) is 1.44. The zero-order valence-corrected chi connectivity index (χ0v) is 11.4. The van der Waals surface area contributed by atoms with Crippen LogP contribution in [0.15, 0.2) is 16.6 Å². The molecule has 0 aliphatic carbocycles. The Balaban J connectivity index is 2.16. The van der Waals surface area contributed by atoms with E-state index in [-0.39, 0.29) is 16.7 Å². The highest BCUT2D eigenvalue weighted by atomic mass is 79.9. The van der Waals surface area contributed by atoms with Crippen molar-refractivity contribution in [2.75, 3.05) is 5.32 Å². The predicted molar refractivity (Wildman–Crippen MR) is 67.1 cm³/mol. The van der Waals surface area contributed by atoms with Crippen molar-refractivity contribution in [3.8, 4) is 0 Å². The summed E-state index contributed by atoms with van der Waals surface area (Å²) in [6.07, 6.45) is 0. The van der Waals surface area contributed by atoms with E-state index >= 15 is 0 Å². The highest BCUT2D eigenvalue weighted by molar-refractivity contribution is 9.10. The first-order valence-electron chi connectivity index (χ1n) is 5.22. The zero-order valence-electron chi connectivity index (χ0n) is 9.84. The van der Waals surface area contributed by atoms with Gasteiger partial charge in [0.1, 0.15) is 17.5 Å². The van der Waals surface area contributed by atoms with E-state index in [2.05, 4.69) is 31.4 Å². The topological polar surface area (TPSA) is 42.7 Å². The van der Waals surface area contributed by atoms with Gasteiger partial charge in [0.2, 0.25) is 0 Å². The Bertz CT molecular complexity index is 583. The number of hydrogen-bond acceptors (Lipinski definition) is 3. The molecule has 0 saturated carbocycles. The number of anilines is 1. The highest BCUT2D eigenvalue weighted by Crippen LogP contribution is 2.23. The normalized spacial score (nSPS) is 10.7. The van der Waals surface area contributed by atoms with Crippen LogP contribution in [0, 0.1) is 18.6 Å². The number of nitrogens with one attached hydrogen (secondary N) is 1. The molecule has 96 valence electrons. The maximum absolute atomic E-state index is 13.5. The number of benzene rings is 1. The minimum atomic E-state index is -0.526. The van der Waals surface area contributed by atoms with Crippen molar-refractivity contribution in [3.05, 3.63) is 39.9 Å². The van der Waals surface area contributed by atoms with Crippen molar-refractivity contribution >= 4 is 21.6 Å². The molecule has 0 aliphatic heterocycles. The van der Waals surface area contributed by atoms with E-state index in [0.717, 1.165) is 18.0 Å². The molecule has 7 heteroatoms. The van der Waals surface area contributed by atoms with E-state index in [1.165, 1.54) is 0 Å². The SMILES string of the molecule is Cc1nnc(CNc2cc(F)c(Br)cc2F)n1C. The number of aromatic nitrogens is 3. The minimum absolute atomic E-state index is 0.0938. The lowest BCUT2D eigenvalue weighted by Crippen LogP contribution is -2.08. The predicted octanol–water partition coefficient (Wildman–Crippen LogP) is 2.78. The largest absolute Gasteiger partial charge is 0.375 e. The maximum Gasteiger partial charge on any atom is 0.152 e. The fourth-order valence-corrected chi connectivity index (χ4v) is 1.75. The van der Waals surface area contributed by atoms with Gasteiger partial charge >= 0.3 is 0 Å². The Morgan fingerprint density at radius 3 is 2.61 bits per heavy atom. The van der Waals surface area contributed by atoms with Crippen molar-refractivity contribution in [2.45, 2.75) is 13.5 Å². The molecule has 0 spiro atoms. The number of nitrogens with zero attached hydrogens (tertiary/aromatic N) is 3. The summed E-state index contributed by atoms with van der Waals surface area (Å²) in [6.45, 7) is 2.09.